The van der Waals surface area contributed by atoms with Gasteiger partial charge in [-0.25, -0.2) is 0 Å². The van der Waals surface area contributed by atoms with Crippen molar-refractivity contribution in [1.29, 1.82) is 5.26 Å². The van der Waals surface area contributed by atoms with Gasteiger partial charge < -0.3 is 19.4 Å². The van der Waals surface area contributed by atoms with Crippen LogP contribution in [0.3, 0.4) is 0 Å². The largest absolute Gasteiger partial charge is 0.484 e. The predicted octanol–water partition coefficient (Wildman–Crippen LogP) is 3.37. The van der Waals surface area contributed by atoms with Crippen molar-refractivity contribution in [3.63, 3.8) is 0 Å². The van der Waals surface area contributed by atoms with Crippen molar-refractivity contribution >= 4 is 23.2 Å². The molecule has 1 aliphatic rings. The summed E-state index contributed by atoms with van der Waals surface area (Å²) in [6.45, 7) is 0.437. The molecule has 7 nitrogen and oxygen atoms in total. The topological polar surface area (TPSA) is 95.6 Å². The Morgan fingerprint density at radius 3 is 2.72 bits per heavy atom. The van der Waals surface area contributed by atoms with Crippen LogP contribution < -0.4 is 15.0 Å². The number of fused-ring (bicyclic) bond motifs is 1. The molecule has 0 fully saturated rings. The normalized spacial score (nSPS) is 12.2. The maximum absolute atomic E-state index is 12.6. The number of anilines is 2. The molecule has 144 valence electrons. The molecule has 0 saturated heterocycles. The highest BCUT2D eigenvalue weighted by atomic mass is 16.5. The minimum atomic E-state index is -0.293. The van der Waals surface area contributed by atoms with Crippen LogP contribution in [0.15, 0.2) is 65.5 Å². The van der Waals surface area contributed by atoms with Crippen LogP contribution in [0.4, 0.5) is 11.4 Å². The minimum absolute atomic E-state index is 0.106. The molecule has 1 aliphatic heterocycles. The van der Waals surface area contributed by atoms with Gasteiger partial charge in [0.05, 0.1) is 23.5 Å². The zero-order valence-corrected chi connectivity index (χ0v) is 15.4. The molecule has 2 amide bonds. The summed E-state index contributed by atoms with van der Waals surface area (Å²) in [5, 5.41) is 11.6. The van der Waals surface area contributed by atoms with Gasteiger partial charge >= 0.3 is 0 Å². The molecule has 1 aromatic heterocycles. The summed E-state index contributed by atoms with van der Waals surface area (Å²) in [7, 11) is 0. The Labute approximate surface area is 167 Å². The quantitative estimate of drug-likeness (QED) is 0.724. The van der Waals surface area contributed by atoms with Crippen molar-refractivity contribution in [2.45, 2.75) is 6.42 Å². The fourth-order valence-corrected chi connectivity index (χ4v) is 3.20. The number of nitriles is 1. The van der Waals surface area contributed by atoms with E-state index in [1.54, 1.807) is 41.3 Å². The zero-order chi connectivity index (χ0) is 20.2. The molecule has 1 N–H and O–H groups in total. The lowest BCUT2D eigenvalue weighted by Crippen LogP contribution is -2.28. The molecule has 3 aromatic rings. The molecule has 0 spiro atoms. The highest BCUT2D eigenvalue weighted by Crippen LogP contribution is 2.31. The van der Waals surface area contributed by atoms with E-state index < -0.39 is 0 Å². The Morgan fingerprint density at radius 1 is 1.17 bits per heavy atom. The number of ether oxygens (including phenoxy) is 1. The van der Waals surface area contributed by atoms with E-state index in [4.69, 9.17) is 14.4 Å². The Bertz CT molecular complexity index is 1080. The number of carbonyl (C=O) groups is 2. The van der Waals surface area contributed by atoms with Crippen molar-refractivity contribution in [1.82, 2.24) is 0 Å². The lowest BCUT2D eigenvalue weighted by molar-refractivity contribution is -0.118. The van der Waals surface area contributed by atoms with Crippen LogP contribution in [0, 0.1) is 11.3 Å². The molecule has 0 unspecified atom stereocenters. The summed E-state index contributed by atoms with van der Waals surface area (Å²) in [4.78, 5) is 26.4. The van der Waals surface area contributed by atoms with Crippen LogP contribution in [0.5, 0.6) is 5.75 Å². The third-order valence-corrected chi connectivity index (χ3v) is 4.63. The van der Waals surface area contributed by atoms with Crippen molar-refractivity contribution in [2.24, 2.45) is 0 Å². The van der Waals surface area contributed by atoms with E-state index in [9.17, 15) is 9.59 Å². The Kier molecular flexibility index (Phi) is 4.99. The highest BCUT2D eigenvalue weighted by molar-refractivity contribution is 6.07. The first-order valence-electron chi connectivity index (χ1n) is 9.04. The first-order valence-corrected chi connectivity index (χ1v) is 9.04. The standard InChI is InChI=1S/C22H17N3O4/c23-12-15-1-4-19(5-2-15)29-14-21(26)24-18-3-6-20-16(11-18)7-9-25(20)22(27)17-8-10-28-13-17/h1-6,8,10-11,13H,7,9,14H2,(H,24,26). The predicted molar refractivity (Wildman–Crippen MR) is 106 cm³/mol. The number of nitrogens with one attached hydrogen (secondary N) is 1. The summed E-state index contributed by atoms with van der Waals surface area (Å²) in [5.74, 6) is 0.116. The van der Waals surface area contributed by atoms with Crippen LogP contribution >= 0.6 is 0 Å². The third kappa shape index (κ3) is 3.96. The lowest BCUT2D eigenvalue weighted by atomic mass is 10.1. The van der Waals surface area contributed by atoms with Gasteiger partial charge in [0.1, 0.15) is 12.0 Å². The second-order valence-corrected chi connectivity index (χ2v) is 6.54. The smallest absolute Gasteiger partial charge is 0.262 e. The number of nitrogens with zero attached hydrogens (tertiary/aromatic N) is 2. The monoisotopic (exact) mass is 387 g/mol. The molecule has 0 bridgehead atoms. The number of rotatable bonds is 5. The molecule has 2 aromatic carbocycles. The average Bonchev–Trinajstić information content (AvgIpc) is 3.42. The minimum Gasteiger partial charge on any atom is -0.484 e. The number of amides is 2. The fraction of sp³-hybridized carbons (Fsp3) is 0.136. The van der Waals surface area contributed by atoms with Crippen molar-refractivity contribution in [3.8, 4) is 11.8 Å². The molecule has 29 heavy (non-hydrogen) atoms. The van der Waals surface area contributed by atoms with Gasteiger partial charge in [-0.2, -0.15) is 5.26 Å². The Balaban J connectivity index is 1.37. The van der Waals surface area contributed by atoms with E-state index in [2.05, 4.69) is 5.32 Å². The van der Waals surface area contributed by atoms with Crippen molar-refractivity contribution in [3.05, 3.63) is 77.7 Å². The molecular formula is C22H17N3O4. The zero-order valence-electron chi connectivity index (χ0n) is 15.4. The molecule has 0 radical (unpaired) electrons. The van der Waals surface area contributed by atoms with Crippen LogP contribution in [0.1, 0.15) is 21.5 Å². The van der Waals surface area contributed by atoms with Gasteiger partial charge in [-0.3, -0.25) is 9.59 Å². The summed E-state index contributed by atoms with van der Waals surface area (Å²) in [6, 6.07) is 15.7. The average molecular weight is 387 g/mol. The number of hydrogen-bond acceptors (Lipinski definition) is 5. The van der Waals surface area contributed by atoms with E-state index in [-0.39, 0.29) is 18.4 Å². The number of furan rings is 1. The van der Waals surface area contributed by atoms with Gasteiger partial charge in [-0.1, -0.05) is 0 Å². The number of hydrogen-bond donors (Lipinski definition) is 1. The fourth-order valence-electron chi connectivity index (χ4n) is 3.20. The first-order chi connectivity index (χ1) is 14.1. The first kappa shape index (κ1) is 18.3. The maximum atomic E-state index is 12.6. The van der Waals surface area contributed by atoms with E-state index in [0.29, 0.717) is 35.5 Å². The van der Waals surface area contributed by atoms with Crippen molar-refractivity contribution in [2.75, 3.05) is 23.4 Å². The van der Waals surface area contributed by atoms with Crippen LogP contribution in [-0.2, 0) is 11.2 Å². The highest BCUT2D eigenvalue weighted by Gasteiger charge is 2.26. The summed E-state index contributed by atoms with van der Waals surface area (Å²) in [5.41, 5.74) is 3.51. The van der Waals surface area contributed by atoms with E-state index >= 15 is 0 Å². The lowest BCUT2D eigenvalue weighted by Gasteiger charge is -2.16. The molecule has 4 rings (SSSR count). The SMILES string of the molecule is N#Cc1ccc(OCC(=O)Nc2ccc3c(c2)CCN3C(=O)c2ccoc2)cc1. The van der Waals surface area contributed by atoms with E-state index in [0.717, 1.165) is 11.3 Å². The molecule has 7 heteroatoms. The molecule has 0 saturated carbocycles. The Morgan fingerprint density at radius 2 is 2.00 bits per heavy atom. The molecule has 2 heterocycles. The van der Waals surface area contributed by atoms with E-state index in [1.165, 1.54) is 12.5 Å². The second-order valence-electron chi connectivity index (χ2n) is 6.54. The van der Waals surface area contributed by atoms with Gasteiger partial charge in [0.15, 0.2) is 6.61 Å². The van der Waals surface area contributed by atoms with Crippen LogP contribution in [0.25, 0.3) is 0 Å². The van der Waals surface area contributed by atoms with Crippen LogP contribution in [-0.4, -0.2) is 25.0 Å². The van der Waals surface area contributed by atoms with Gasteiger partial charge in [0.25, 0.3) is 11.8 Å². The molecule has 0 atom stereocenters. The van der Waals surface area contributed by atoms with Crippen LogP contribution in [0.2, 0.25) is 0 Å². The number of carbonyl (C=O) groups excluding carboxylic acids is 2. The van der Waals surface area contributed by atoms with Gasteiger partial charge in [-0.05, 0) is 60.5 Å². The van der Waals surface area contributed by atoms with Gasteiger partial charge in [0, 0.05) is 17.9 Å². The second kappa shape index (κ2) is 7.90. The van der Waals surface area contributed by atoms with E-state index in [1.807, 2.05) is 18.2 Å². The third-order valence-electron chi connectivity index (χ3n) is 4.63. The van der Waals surface area contributed by atoms with Gasteiger partial charge in [-0.15, -0.1) is 0 Å². The summed E-state index contributed by atoms with van der Waals surface area (Å²) < 4.78 is 10.4. The van der Waals surface area contributed by atoms with Gasteiger partial charge in [0.2, 0.25) is 0 Å². The molecular weight excluding hydrogens is 370 g/mol. The Hall–Kier alpha value is -4.05. The number of benzene rings is 2. The molecule has 0 aliphatic carbocycles. The maximum Gasteiger partial charge on any atom is 0.262 e. The summed E-state index contributed by atoms with van der Waals surface area (Å²) >= 11 is 0. The summed E-state index contributed by atoms with van der Waals surface area (Å²) in [6.07, 6.45) is 3.62. The van der Waals surface area contributed by atoms with Crippen molar-refractivity contribution < 1.29 is 18.7 Å².